The van der Waals surface area contributed by atoms with E-state index < -0.39 is 11.9 Å². The lowest BCUT2D eigenvalue weighted by atomic mass is 9.99. The molecule has 5 heteroatoms. The summed E-state index contributed by atoms with van der Waals surface area (Å²) in [4.78, 5) is 26.2. The van der Waals surface area contributed by atoms with Crippen LogP contribution in [0.5, 0.6) is 0 Å². The van der Waals surface area contributed by atoms with Crippen LogP contribution in [0, 0.1) is 0 Å². The highest BCUT2D eigenvalue weighted by molar-refractivity contribution is 5.94. The first kappa shape index (κ1) is 13.7. The summed E-state index contributed by atoms with van der Waals surface area (Å²) < 4.78 is 0. The first-order valence-corrected chi connectivity index (χ1v) is 6.07. The summed E-state index contributed by atoms with van der Waals surface area (Å²) in [5, 5.41) is 18.0. The molecule has 1 heterocycles. The van der Waals surface area contributed by atoms with Gasteiger partial charge in [0.15, 0.2) is 0 Å². The molecule has 0 aliphatic heterocycles. The molecule has 5 nitrogen and oxygen atoms in total. The molecular formula is C15H13NO4. The van der Waals surface area contributed by atoms with Gasteiger partial charge in [-0.3, -0.25) is 4.98 Å². The third-order valence-corrected chi connectivity index (χ3v) is 2.96. The predicted molar refractivity (Wildman–Crippen MR) is 72.0 cm³/mol. The number of carbonyl (C=O) groups is 2. The smallest absolute Gasteiger partial charge is 0.335 e. The van der Waals surface area contributed by atoms with Crippen LogP contribution in [0.15, 0.2) is 42.6 Å². The number of aromatic carboxylic acids is 2. The van der Waals surface area contributed by atoms with E-state index in [9.17, 15) is 9.59 Å². The monoisotopic (exact) mass is 271 g/mol. The number of hydrogen-bond donors (Lipinski definition) is 2. The van der Waals surface area contributed by atoms with Crippen molar-refractivity contribution >= 4 is 11.9 Å². The molecule has 2 rings (SSSR count). The second kappa shape index (κ2) is 5.97. The summed E-state index contributed by atoms with van der Waals surface area (Å²) in [6.07, 6.45) is 2.78. The van der Waals surface area contributed by atoms with Gasteiger partial charge in [-0.25, -0.2) is 9.59 Å². The predicted octanol–water partition coefficient (Wildman–Crippen LogP) is 2.26. The topological polar surface area (TPSA) is 87.5 Å². The van der Waals surface area contributed by atoms with Crippen LogP contribution in [0.1, 0.15) is 32.0 Å². The van der Waals surface area contributed by atoms with E-state index in [-0.39, 0.29) is 11.1 Å². The van der Waals surface area contributed by atoms with Crippen LogP contribution >= 0.6 is 0 Å². The van der Waals surface area contributed by atoms with E-state index >= 15 is 0 Å². The summed E-state index contributed by atoms with van der Waals surface area (Å²) in [5.41, 5.74) is 1.48. The zero-order chi connectivity index (χ0) is 14.5. The number of nitrogens with zero attached hydrogens (tertiary/aromatic N) is 1. The van der Waals surface area contributed by atoms with Crippen LogP contribution in [0.25, 0.3) is 0 Å². The van der Waals surface area contributed by atoms with Crippen molar-refractivity contribution in [2.24, 2.45) is 0 Å². The first-order chi connectivity index (χ1) is 9.58. The third kappa shape index (κ3) is 3.20. The number of carboxylic acids is 2. The minimum atomic E-state index is -1.14. The molecule has 0 aliphatic rings. The number of rotatable bonds is 5. The lowest BCUT2D eigenvalue weighted by molar-refractivity contribution is 0.0695. The molecule has 0 radical (unpaired) electrons. The minimum Gasteiger partial charge on any atom is -0.478 e. The van der Waals surface area contributed by atoms with Gasteiger partial charge in [0.05, 0.1) is 11.1 Å². The molecule has 0 spiro atoms. The fourth-order valence-corrected chi connectivity index (χ4v) is 1.94. The largest absolute Gasteiger partial charge is 0.478 e. The number of pyridine rings is 1. The van der Waals surface area contributed by atoms with Gasteiger partial charge in [-0.1, -0.05) is 12.1 Å². The van der Waals surface area contributed by atoms with Crippen LogP contribution < -0.4 is 0 Å². The maximum atomic E-state index is 11.2. The molecule has 0 atom stereocenters. The van der Waals surface area contributed by atoms with E-state index in [1.807, 2.05) is 18.2 Å². The fraction of sp³-hybridized carbons (Fsp3) is 0.133. The van der Waals surface area contributed by atoms with Crippen LogP contribution in [-0.2, 0) is 12.8 Å². The maximum Gasteiger partial charge on any atom is 0.335 e. The van der Waals surface area contributed by atoms with Gasteiger partial charge in [0, 0.05) is 11.9 Å². The quantitative estimate of drug-likeness (QED) is 0.871. The average Bonchev–Trinajstić information content (AvgIpc) is 2.45. The van der Waals surface area contributed by atoms with Crippen molar-refractivity contribution < 1.29 is 19.8 Å². The Morgan fingerprint density at radius 3 is 2.40 bits per heavy atom. The number of benzene rings is 1. The van der Waals surface area contributed by atoms with E-state index in [2.05, 4.69) is 4.98 Å². The first-order valence-electron chi connectivity index (χ1n) is 6.07. The Kier molecular flexibility index (Phi) is 4.10. The standard InChI is InChI=1S/C15H13NO4/c17-14(18)11-5-4-10(13(9-11)15(19)20)6-7-12-3-1-2-8-16-12/h1-5,8-9H,6-7H2,(H,17,18)(H,19,20). The molecule has 0 bridgehead atoms. The third-order valence-electron chi connectivity index (χ3n) is 2.96. The summed E-state index contributed by atoms with van der Waals surface area (Å²) in [5.74, 6) is -2.26. The number of aryl methyl sites for hydroxylation is 2. The Labute approximate surface area is 115 Å². The molecule has 102 valence electrons. The molecule has 0 amide bonds. The van der Waals surface area contributed by atoms with Crippen molar-refractivity contribution in [3.63, 3.8) is 0 Å². The summed E-state index contributed by atoms with van der Waals surface area (Å²) in [7, 11) is 0. The van der Waals surface area contributed by atoms with Gasteiger partial charge in [-0.2, -0.15) is 0 Å². The Balaban J connectivity index is 2.23. The molecule has 2 N–H and O–H groups in total. The number of aromatic nitrogens is 1. The lowest BCUT2D eigenvalue weighted by Gasteiger charge is -2.07. The second-order valence-electron chi connectivity index (χ2n) is 4.30. The molecule has 0 unspecified atom stereocenters. The van der Waals surface area contributed by atoms with E-state index in [0.29, 0.717) is 18.4 Å². The van der Waals surface area contributed by atoms with Crippen LogP contribution in [0.4, 0.5) is 0 Å². The molecule has 0 saturated carbocycles. The van der Waals surface area contributed by atoms with Gasteiger partial charge in [0.1, 0.15) is 0 Å². The fourth-order valence-electron chi connectivity index (χ4n) is 1.94. The van der Waals surface area contributed by atoms with Gasteiger partial charge in [-0.05, 0) is 42.7 Å². The summed E-state index contributed by atoms with van der Waals surface area (Å²) in [6, 6.07) is 9.71. The van der Waals surface area contributed by atoms with Crippen LogP contribution in [0.3, 0.4) is 0 Å². The van der Waals surface area contributed by atoms with Crippen LogP contribution in [-0.4, -0.2) is 27.1 Å². The highest BCUT2D eigenvalue weighted by Crippen LogP contribution is 2.15. The van der Waals surface area contributed by atoms with E-state index in [4.69, 9.17) is 10.2 Å². The van der Waals surface area contributed by atoms with Crippen molar-refractivity contribution in [1.29, 1.82) is 0 Å². The Bertz CT molecular complexity index is 638. The Morgan fingerprint density at radius 1 is 1.00 bits per heavy atom. The second-order valence-corrected chi connectivity index (χ2v) is 4.30. The van der Waals surface area contributed by atoms with Crippen molar-refractivity contribution in [2.75, 3.05) is 0 Å². The normalized spacial score (nSPS) is 10.2. The Hall–Kier alpha value is -2.69. The van der Waals surface area contributed by atoms with Crippen molar-refractivity contribution in [1.82, 2.24) is 4.98 Å². The number of hydrogen-bond acceptors (Lipinski definition) is 3. The number of carboxylic acid groups (broad SMARTS) is 2. The molecule has 1 aromatic carbocycles. The molecule has 0 fully saturated rings. The van der Waals surface area contributed by atoms with E-state index in [1.165, 1.54) is 12.1 Å². The lowest BCUT2D eigenvalue weighted by Crippen LogP contribution is -2.07. The SMILES string of the molecule is O=C(O)c1ccc(CCc2ccccn2)c(C(=O)O)c1. The minimum absolute atomic E-state index is 0.0241. The molecule has 0 aliphatic carbocycles. The van der Waals surface area contributed by atoms with Crippen molar-refractivity contribution in [3.05, 3.63) is 65.0 Å². The zero-order valence-corrected chi connectivity index (χ0v) is 10.6. The molecule has 0 saturated heterocycles. The summed E-state index contributed by atoms with van der Waals surface area (Å²) >= 11 is 0. The van der Waals surface area contributed by atoms with Gasteiger partial charge in [-0.15, -0.1) is 0 Å². The average molecular weight is 271 g/mol. The van der Waals surface area contributed by atoms with Crippen LogP contribution in [0.2, 0.25) is 0 Å². The van der Waals surface area contributed by atoms with Crippen molar-refractivity contribution in [3.8, 4) is 0 Å². The van der Waals surface area contributed by atoms with Gasteiger partial charge in [0.2, 0.25) is 0 Å². The van der Waals surface area contributed by atoms with Gasteiger partial charge < -0.3 is 10.2 Å². The van der Waals surface area contributed by atoms with Crippen molar-refractivity contribution in [2.45, 2.75) is 12.8 Å². The van der Waals surface area contributed by atoms with E-state index in [1.54, 1.807) is 12.3 Å². The molecule has 1 aromatic heterocycles. The highest BCUT2D eigenvalue weighted by Gasteiger charge is 2.13. The zero-order valence-electron chi connectivity index (χ0n) is 10.6. The summed E-state index contributed by atoms with van der Waals surface area (Å²) in [6.45, 7) is 0. The maximum absolute atomic E-state index is 11.2. The molecular weight excluding hydrogens is 258 g/mol. The molecule has 2 aromatic rings. The Morgan fingerprint density at radius 2 is 1.80 bits per heavy atom. The van der Waals surface area contributed by atoms with Gasteiger partial charge in [0.25, 0.3) is 0 Å². The molecule has 20 heavy (non-hydrogen) atoms. The highest BCUT2D eigenvalue weighted by atomic mass is 16.4. The van der Waals surface area contributed by atoms with Gasteiger partial charge >= 0.3 is 11.9 Å². The van der Waals surface area contributed by atoms with E-state index in [0.717, 1.165) is 5.69 Å².